The minimum absolute atomic E-state index is 0.0863. The summed E-state index contributed by atoms with van der Waals surface area (Å²) in [6.07, 6.45) is 1.46. The number of rotatable bonds is 1. The van der Waals surface area contributed by atoms with Crippen molar-refractivity contribution in [1.82, 2.24) is 15.0 Å². The summed E-state index contributed by atoms with van der Waals surface area (Å²) in [5, 5.41) is 0.493. The highest BCUT2D eigenvalue weighted by molar-refractivity contribution is 6.30. The maximum absolute atomic E-state index is 13.5. The number of aromatic nitrogens is 3. The topological polar surface area (TPSA) is 41.6 Å². The molecule has 0 unspecified atom stereocenters. The molecule has 0 atom stereocenters. The third kappa shape index (κ3) is 1.82. The molecule has 0 spiro atoms. The number of halogens is 3. The fourth-order valence-corrected chi connectivity index (χ4v) is 1.79. The molecule has 0 radical (unpaired) electrons. The van der Waals surface area contributed by atoms with E-state index < -0.39 is 11.6 Å². The summed E-state index contributed by atoms with van der Waals surface area (Å²) in [5.41, 5.74) is 0.887. The number of benzene rings is 1. The number of nitrogens with one attached hydrogen (secondary N) is 1. The molecule has 2 heterocycles. The molecule has 2 aromatic heterocycles. The number of hydrogen-bond donors (Lipinski definition) is 1. The van der Waals surface area contributed by atoms with E-state index in [4.69, 9.17) is 11.6 Å². The molecule has 1 aromatic carbocycles. The lowest BCUT2D eigenvalue weighted by Crippen LogP contribution is -1.84. The van der Waals surface area contributed by atoms with Crippen molar-refractivity contribution in [3.05, 3.63) is 47.1 Å². The summed E-state index contributed by atoms with van der Waals surface area (Å²) < 4.78 is 26.5. The average Bonchev–Trinajstić information content (AvgIpc) is 2.74. The molecule has 6 heteroatoms. The highest BCUT2D eigenvalue weighted by Gasteiger charge is 2.11. The first-order valence-corrected chi connectivity index (χ1v) is 5.48. The molecule has 0 fully saturated rings. The van der Waals surface area contributed by atoms with Gasteiger partial charge in [-0.05, 0) is 18.2 Å². The quantitative estimate of drug-likeness (QED) is 0.731. The van der Waals surface area contributed by atoms with Gasteiger partial charge in [-0.25, -0.2) is 13.8 Å². The van der Waals surface area contributed by atoms with E-state index in [2.05, 4.69) is 15.0 Å². The van der Waals surface area contributed by atoms with E-state index in [9.17, 15) is 8.78 Å². The molecule has 0 aliphatic carbocycles. The monoisotopic (exact) mass is 265 g/mol. The van der Waals surface area contributed by atoms with E-state index in [-0.39, 0.29) is 5.52 Å². The van der Waals surface area contributed by atoms with Crippen molar-refractivity contribution in [3.8, 4) is 11.5 Å². The van der Waals surface area contributed by atoms with Crippen LogP contribution in [0, 0.1) is 11.6 Å². The fraction of sp³-hybridized carbons (Fsp3) is 0. The van der Waals surface area contributed by atoms with Gasteiger partial charge in [-0.3, -0.25) is 4.98 Å². The van der Waals surface area contributed by atoms with Gasteiger partial charge in [0, 0.05) is 12.3 Å². The van der Waals surface area contributed by atoms with Gasteiger partial charge in [-0.2, -0.15) is 0 Å². The molecule has 3 aromatic rings. The Labute approximate surface area is 105 Å². The van der Waals surface area contributed by atoms with Gasteiger partial charge >= 0.3 is 0 Å². The van der Waals surface area contributed by atoms with Gasteiger partial charge in [0.25, 0.3) is 0 Å². The van der Waals surface area contributed by atoms with Gasteiger partial charge in [-0.15, -0.1) is 0 Å². The Balaban J connectivity index is 2.19. The first-order chi connectivity index (χ1) is 8.63. The maximum atomic E-state index is 13.5. The largest absolute Gasteiger partial charge is 0.336 e. The number of imidazole rings is 1. The second-order valence-corrected chi connectivity index (χ2v) is 4.17. The summed E-state index contributed by atoms with van der Waals surface area (Å²) in [4.78, 5) is 10.9. The van der Waals surface area contributed by atoms with Crippen molar-refractivity contribution >= 4 is 22.6 Å². The Morgan fingerprint density at radius 3 is 2.72 bits per heavy atom. The molecule has 0 saturated heterocycles. The van der Waals surface area contributed by atoms with Crippen molar-refractivity contribution in [1.29, 1.82) is 0 Å². The summed E-state index contributed by atoms with van der Waals surface area (Å²) >= 11 is 5.72. The van der Waals surface area contributed by atoms with Crippen molar-refractivity contribution in [2.24, 2.45) is 0 Å². The first kappa shape index (κ1) is 11.1. The van der Waals surface area contributed by atoms with Crippen LogP contribution < -0.4 is 0 Å². The Kier molecular flexibility index (Phi) is 2.48. The molecule has 18 heavy (non-hydrogen) atoms. The predicted molar refractivity (Wildman–Crippen MR) is 64.3 cm³/mol. The van der Waals surface area contributed by atoms with E-state index in [1.165, 1.54) is 12.3 Å². The molecule has 0 saturated carbocycles. The maximum Gasteiger partial charge on any atom is 0.157 e. The molecular formula is C12H6ClF2N3. The summed E-state index contributed by atoms with van der Waals surface area (Å²) in [6, 6.07) is 5.27. The van der Waals surface area contributed by atoms with Gasteiger partial charge in [0.05, 0.1) is 10.5 Å². The summed E-state index contributed by atoms with van der Waals surface area (Å²) in [5.74, 6) is -0.994. The van der Waals surface area contributed by atoms with E-state index in [0.717, 1.165) is 6.07 Å². The first-order valence-electron chi connectivity index (χ1n) is 5.10. The Hall–Kier alpha value is -2.01. The Morgan fingerprint density at radius 2 is 2.00 bits per heavy atom. The zero-order valence-electron chi connectivity index (χ0n) is 8.92. The molecule has 0 aliphatic rings. The van der Waals surface area contributed by atoms with Crippen LogP contribution in [0.1, 0.15) is 0 Å². The van der Waals surface area contributed by atoms with E-state index in [0.29, 0.717) is 22.1 Å². The zero-order valence-corrected chi connectivity index (χ0v) is 9.67. The van der Waals surface area contributed by atoms with Crippen LogP contribution in [0.3, 0.4) is 0 Å². The van der Waals surface area contributed by atoms with E-state index in [1.54, 1.807) is 12.1 Å². The van der Waals surface area contributed by atoms with Gasteiger partial charge in [0.15, 0.2) is 11.6 Å². The number of nitrogens with zero attached hydrogens (tertiary/aromatic N) is 2. The van der Waals surface area contributed by atoms with Gasteiger partial charge in [0.1, 0.15) is 17.0 Å². The predicted octanol–water partition coefficient (Wildman–Crippen LogP) is 3.56. The molecular weight excluding hydrogens is 260 g/mol. The van der Waals surface area contributed by atoms with Crippen molar-refractivity contribution in [2.75, 3.05) is 0 Å². The van der Waals surface area contributed by atoms with Crippen LogP contribution in [-0.2, 0) is 0 Å². The minimum Gasteiger partial charge on any atom is -0.336 e. The zero-order chi connectivity index (χ0) is 12.7. The SMILES string of the molecule is Fc1cc(F)c2nc(-c3ccc(Cl)cn3)[nH]c2c1. The van der Waals surface area contributed by atoms with Gasteiger partial charge in [0.2, 0.25) is 0 Å². The van der Waals surface area contributed by atoms with Crippen molar-refractivity contribution in [2.45, 2.75) is 0 Å². The highest BCUT2D eigenvalue weighted by atomic mass is 35.5. The second-order valence-electron chi connectivity index (χ2n) is 3.73. The van der Waals surface area contributed by atoms with Crippen LogP contribution in [-0.4, -0.2) is 15.0 Å². The highest BCUT2D eigenvalue weighted by Crippen LogP contribution is 2.22. The number of pyridine rings is 1. The van der Waals surface area contributed by atoms with E-state index >= 15 is 0 Å². The van der Waals surface area contributed by atoms with Crippen LogP contribution in [0.25, 0.3) is 22.6 Å². The fourth-order valence-electron chi connectivity index (χ4n) is 1.68. The van der Waals surface area contributed by atoms with E-state index in [1.807, 2.05) is 0 Å². The molecule has 90 valence electrons. The summed E-state index contributed by atoms with van der Waals surface area (Å²) in [7, 11) is 0. The Bertz CT molecular complexity index is 722. The summed E-state index contributed by atoms with van der Waals surface area (Å²) in [6.45, 7) is 0. The number of H-pyrrole nitrogens is 1. The lowest BCUT2D eigenvalue weighted by molar-refractivity contribution is 0.591. The van der Waals surface area contributed by atoms with Crippen molar-refractivity contribution < 1.29 is 8.78 Å². The molecule has 0 aliphatic heterocycles. The smallest absolute Gasteiger partial charge is 0.157 e. The number of aromatic amines is 1. The van der Waals surface area contributed by atoms with Crippen LogP contribution in [0.4, 0.5) is 8.78 Å². The molecule has 3 nitrogen and oxygen atoms in total. The molecule has 3 rings (SSSR count). The molecule has 1 N–H and O–H groups in total. The normalized spacial score (nSPS) is 11.1. The Morgan fingerprint density at radius 1 is 1.17 bits per heavy atom. The van der Waals surface area contributed by atoms with Gasteiger partial charge in [-0.1, -0.05) is 11.6 Å². The minimum atomic E-state index is -0.707. The van der Waals surface area contributed by atoms with Crippen LogP contribution in [0.2, 0.25) is 5.02 Å². The molecule has 0 bridgehead atoms. The lowest BCUT2D eigenvalue weighted by Gasteiger charge is -1.94. The average molecular weight is 266 g/mol. The lowest BCUT2D eigenvalue weighted by atomic mass is 10.3. The van der Waals surface area contributed by atoms with Crippen LogP contribution in [0.5, 0.6) is 0 Å². The van der Waals surface area contributed by atoms with Crippen molar-refractivity contribution in [3.63, 3.8) is 0 Å². The van der Waals surface area contributed by atoms with Crippen LogP contribution in [0.15, 0.2) is 30.5 Å². The number of fused-ring (bicyclic) bond motifs is 1. The molecule has 0 amide bonds. The second kappa shape index (κ2) is 4.03. The standard InChI is InChI=1S/C12H6ClF2N3/c13-6-1-2-9(16-5-6)12-17-10-4-7(14)3-8(15)11(10)18-12/h1-5H,(H,17,18). The van der Waals surface area contributed by atoms with Crippen LogP contribution >= 0.6 is 11.6 Å². The third-order valence-corrected chi connectivity index (χ3v) is 2.70. The number of hydrogen-bond acceptors (Lipinski definition) is 2. The third-order valence-electron chi connectivity index (χ3n) is 2.47. The van der Waals surface area contributed by atoms with Gasteiger partial charge < -0.3 is 4.98 Å².